The number of benzene rings is 1. The molecule has 0 radical (unpaired) electrons. The van der Waals surface area contributed by atoms with E-state index in [1.165, 1.54) is 24.9 Å². The number of rotatable bonds is 5. The predicted molar refractivity (Wildman–Crippen MR) is 105 cm³/mol. The summed E-state index contributed by atoms with van der Waals surface area (Å²) in [5, 5.41) is 21.5. The fourth-order valence-electron chi connectivity index (χ4n) is 7.00. The van der Waals surface area contributed by atoms with Crippen molar-refractivity contribution in [2.45, 2.75) is 81.1 Å². The number of hydrogen-bond donors (Lipinski definition) is 2. The van der Waals surface area contributed by atoms with E-state index in [1.54, 1.807) is 6.07 Å². The van der Waals surface area contributed by atoms with Crippen LogP contribution in [-0.2, 0) is 16.6 Å². The smallest absolute Gasteiger partial charge is 0.165 e. The second-order valence-electron chi connectivity index (χ2n) is 9.71. The highest BCUT2D eigenvalue weighted by atomic mass is 16.5. The molecule has 5 aliphatic rings. The van der Waals surface area contributed by atoms with Gasteiger partial charge < -0.3 is 19.7 Å². The Labute approximate surface area is 166 Å². The number of phenolic OH excluding ortho intramolecular Hbond substituents is 1. The molecule has 3 aliphatic carbocycles. The van der Waals surface area contributed by atoms with Crippen molar-refractivity contribution in [2.24, 2.45) is 5.92 Å². The first-order valence-electron chi connectivity index (χ1n) is 11.2. The Bertz CT molecular complexity index is 804. The molecule has 5 heteroatoms. The summed E-state index contributed by atoms with van der Waals surface area (Å²) in [7, 11) is 0. The van der Waals surface area contributed by atoms with Gasteiger partial charge in [-0.15, -0.1) is 0 Å². The molecule has 1 aromatic rings. The van der Waals surface area contributed by atoms with E-state index in [9.17, 15) is 10.2 Å². The zero-order valence-electron chi connectivity index (χ0n) is 16.7. The van der Waals surface area contributed by atoms with Crippen molar-refractivity contribution in [1.29, 1.82) is 0 Å². The van der Waals surface area contributed by atoms with Gasteiger partial charge in [-0.2, -0.15) is 0 Å². The van der Waals surface area contributed by atoms with Crippen molar-refractivity contribution in [3.63, 3.8) is 0 Å². The largest absolute Gasteiger partial charge is 0.504 e. The Balaban J connectivity index is 1.56. The summed E-state index contributed by atoms with van der Waals surface area (Å²) in [5.41, 5.74) is 1.76. The molecule has 2 N–H and O–H groups in total. The summed E-state index contributed by atoms with van der Waals surface area (Å²) in [5.74, 6) is 1.67. The topological polar surface area (TPSA) is 62.2 Å². The van der Waals surface area contributed by atoms with E-state index in [1.807, 2.05) is 0 Å². The second-order valence-corrected chi connectivity index (χ2v) is 9.71. The molecule has 1 aromatic carbocycles. The third-order valence-corrected chi connectivity index (χ3v) is 8.25. The maximum atomic E-state index is 11.0. The van der Waals surface area contributed by atoms with Gasteiger partial charge in [0.15, 0.2) is 11.5 Å². The van der Waals surface area contributed by atoms with Crippen LogP contribution in [0.25, 0.3) is 0 Å². The molecule has 5 atom stereocenters. The molecule has 2 heterocycles. The maximum Gasteiger partial charge on any atom is 0.165 e. The predicted octanol–water partition coefficient (Wildman–Crippen LogP) is 2.75. The number of nitrogens with zero attached hydrogens (tertiary/aromatic N) is 1. The molecule has 0 aromatic heterocycles. The fourth-order valence-corrected chi connectivity index (χ4v) is 7.00. The monoisotopic (exact) mass is 385 g/mol. The highest BCUT2D eigenvalue weighted by Gasteiger charge is 2.74. The van der Waals surface area contributed by atoms with Crippen LogP contribution in [0.5, 0.6) is 11.5 Å². The lowest BCUT2D eigenvalue weighted by molar-refractivity contribution is -0.233. The number of ether oxygens (including phenoxy) is 2. The molecule has 2 saturated carbocycles. The van der Waals surface area contributed by atoms with Crippen LogP contribution in [0.15, 0.2) is 12.1 Å². The lowest BCUT2D eigenvalue weighted by Gasteiger charge is -2.65. The Hall–Kier alpha value is -1.30. The molecule has 0 amide bonds. The summed E-state index contributed by atoms with van der Waals surface area (Å²) < 4.78 is 13.2. The zero-order chi connectivity index (χ0) is 19.1. The molecule has 2 bridgehead atoms. The average molecular weight is 386 g/mol. The minimum Gasteiger partial charge on any atom is -0.504 e. The number of aliphatic hydroxyl groups excluding tert-OH is 1. The zero-order valence-corrected chi connectivity index (χ0v) is 16.7. The van der Waals surface area contributed by atoms with Gasteiger partial charge in [-0.25, -0.2) is 0 Å². The van der Waals surface area contributed by atoms with Gasteiger partial charge in [-0.1, -0.05) is 13.0 Å². The number of aromatic hydroxyl groups is 1. The Morgan fingerprint density at radius 2 is 2.11 bits per heavy atom. The molecule has 1 spiro atoms. The van der Waals surface area contributed by atoms with Crippen LogP contribution in [0.1, 0.15) is 56.6 Å². The van der Waals surface area contributed by atoms with E-state index in [0.717, 1.165) is 50.3 Å². The molecule has 3 fully saturated rings. The van der Waals surface area contributed by atoms with Crippen molar-refractivity contribution in [3.8, 4) is 11.5 Å². The Kier molecular flexibility index (Phi) is 3.68. The SMILES string of the molecule is CCCO[C@@]12CCC(O)C3Oc4c(O)ccc5c4[C@@]31CCN(CC1CC1)[C@@H]2C5. The van der Waals surface area contributed by atoms with Gasteiger partial charge in [0, 0.05) is 24.8 Å². The molecular weight excluding hydrogens is 354 g/mol. The molecule has 2 aliphatic heterocycles. The number of likely N-dealkylation sites (tertiary alicyclic amines) is 1. The van der Waals surface area contributed by atoms with Crippen LogP contribution in [0, 0.1) is 5.92 Å². The van der Waals surface area contributed by atoms with Crippen LogP contribution in [0.2, 0.25) is 0 Å². The molecule has 6 rings (SSSR count). The highest BCUT2D eigenvalue weighted by molar-refractivity contribution is 5.62. The lowest BCUT2D eigenvalue weighted by Crippen LogP contribution is -2.78. The van der Waals surface area contributed by atoms with Gasteiger partial charge in [0.1, 0.15) is 6.10 Å². The van der Waals surface area contributed by atoms with E-state index in [4.69, 9.17) is 9.47 Å². The number of hydrogen-bond acceptors (Lipinski definition) is 5. The summed E-state index contributed by atoms with van der Waals surface area (Å²) >= 11 is 0. The molecule has 2 unspecified atom stereocenters. The minimum absolute atomic E-state index is 0.206. The van der Waals surface area contributed by atoms with Gasteiger partial charge >= 0.3 is 0 Å². The van der Waals surface area contributed by atoms with E-state index in [-0.39, 0.29) is 22.9 Å². The van der Waals surface area contributed by atoms with Crippen LogP contribution >= 0.6 is 0 Å². The van der Waals surface area contributed by atoms with Crippen molar-refractivity contribution in [1.82, 2.24) is 4.90 Å². The van der Waals surface area contributed by atoms with Crippen LogP contribution in [0.4, 0.5) is 0 Å². The third kappa shape index (κ3) is 2.03. The van der Waals surface area contributed by atoms with Crippen LogP contribution < -0.4 is 4.74 Å². The van der Waals surface area contributed by atoms with Gasteiger partial charge in [0.05, 0.1) is 17.1 Å². The van der Waals surface area contributed by atoms with Gasteiger partial charge in [0.2, 0.25) is 0 Å². The Morgan fingerprint density at radius 1 is 1.25 bits per heavy atom. The standard InChI is InChI=1S/C23H31NO4/c1-2-11-27-23-8-7-17(26)21-22(23)9-10-24(13-14-3-4-14)18(23)12-15-5-6-16(25)20(28-21)19(15)22/h5-6,14,17-18,21,25-26H,2-4,7-13H2,1H3/t17?,18-,21?,22+,23-/m1/s1. The van der Waals surface area contributed by atoms with E-state index in [0.29, 0.717) is 18.2 Å². The fraction of sp³-hybridized carbons (Fsp3) is 0.739. The lowest BCUT2D eigenvalue weighted by atomic mass is 9.48. The molecule has 5 nitrogen and oxygen atoms in total. The van der Waals surface area contributed by atoms with Crippen molar-refractivity contribution >= 4 is 0 Å². The number of phenols is 1. The molecule has 1 saturated heterocycles. The first-order chi connectivity index (χ1) is 13.6. The first-order valence-corrected chi connectivity index (χ1v) is 11.2. The number of piperidine rings is 1. The summed E-state index contributed by atoms with van der Waals surface area (Å²) in [6, 6.07) is 4.19. The highest BCUT2D eigenvalue weighted by Crippen LogP contribution is 2.66. The maximum absolute atomic E-state index is 11.0. The van der Waals surface area contributed by atoms with Gasteiger partial charge in [-0.05, 0) is 69.0 Å². The number of aliphatic hydroxyl groups is 1. The van der Waals surface area contributed by atoms with Gasteiger partial charge in [-0.3, -0.25) is 4.90 Å². The molecular formula is C23H31NO4. The summed E-state index contributed by atoms with van der Waals surface area (Å²) in [6.45, 7) is 5.11. The third-order valence-electron chi connectivity index (χ3n) is 8.25. The van der Waals surface area contributed by atoms with Crippen LogP contribution in [0.3, 0.4) is 0 Å². The average Bonchev–Trinajstić information content (AvgIpc) is 3.43. The summed E-state index contributed by atoms with van der Waals surface area (Å²) in [4.78, 5) is 2.70. The van der Waals surface area contributed by atoms with Crippen molar-refractivity contribution < 1.29 is 19.7 Å². The van der Waals surface area contributed by atoms with E-state index in [2.05, 4.69) is 17.9 Å². The minimum atomic E-state index is -0.508. The first kappa shape index (κ1) is 17.5. The van der Waals surface area contributed by atoms with Crippen molar-refractivity contribution in [2.75, 3.05) is 19.7 Å². The molecule has 28 heavy (non-hydrogen) atoms. The molecule has 152 valence electrons. The Morgan fingerprint density at radius 3 is 2.89 bits per heavy atom. The van der Waals surface area contributed by atoms with E-state index >= 15 is 0 Å². The summed E-state index contributed by atoms with van der Waals surface area (Å²) in [6.07, 6.45) is 6.34. The quantitative estimate of drug-likeness (QED) is 0.816. The van der Waals surface area contributed by atoms with Crippen molar-refractivity contribution in [3.05, 3.63) is 23.3 Å². The van der Waals surface area contributed by atoms with E-state index < -0.39 is 6.10 Å². The van der Waals surface area contributed by atoms with Crippen LogP contribution in [-0.4, -0.2) is 58.7 Å². The van der Waals surface area contributed by atoms with Gasteiger partial charge in [0.25, 0.3) is 0 Å². The normalized spacial score (nSPS) is 40.9. The second kappa shape index (κ2) is 5.87.